The molecule has 0 bridgehead atoms. The third-order valence-electron chi connectivity index (χ3n) is 5.64. The second kappa shape index (κ2) is 9.77. The molecule has 0 spiro atoms. The van der Waals surface area contributed by atoms with E-state index in [0.29, 0.717) is 25.4 Å². The maximum atomic E-state index is 13.1. The smallest absolute Gasteiger partial charge is 0.247 e. The van der Waals surface area contributed by atoms with E-state index in [9.17, 15) is 13.2 Å². The van der Waals surface area contributed by atoms with Crippen LogP contribution in [0.2, 0.25) is 0 Å². The average Bonchev–Trinajstić information content (AvgIpc) is 3.02. The zero-order valence-electron chi connectivity index (χ0n) is 17.3. The topological polar surface area (TPSA) is 79.4 Å². The number of rotatable bonds is 6. The van der Waals surface area contributed by atoms with E-state index in [4.69, 9.17) is 9.47 Å². The largest absolute Gasteiger partial charge is 0.497 e. The quantitative estimate of drug-likeness (QED) is 0.686. The fourth-order valence-corrected chi connectivity index (χ4v) is 5.48. The number of sulfonamides is 1. The van der Waals surface area contributed by atoms with Crippen molar-refractivity contribution in [2.75, 3.05) is 60.0 Å². The van der Waals surface area contributed by atoms with E-state index < -0.39 is 10.0 Å². The number of benzene rings is 1. The maximum absolute atomic E-state index is 13.1. The lowest BCUT2D eigenvalue weighted by Crippen LogP contribution is -2.52. The Bertz CT molecular complexity index is 798. The lowest BCUT2D eigenvalue weighted by atomic mass is 10.2. The van der Waals surface area contributed by atoms with E-state index in [1.54, 1.807) is 17.0 Å². The number of ether oxygens (including phenoxy) is 2. The third kappa shape index (κ3) is 5.21. The molecule has 0 radical (unpaired) electrons. The van der Waals surface area contributed by atoms with Gasteiger partial charge in [0.1, 0.15) is 16.4 Å². The average molecular weight is 426 g/mol. The van der Waals surface area contributed by atoms with Crippen LogP contribution in [-0.2, 0) is 14.8 Å². The molecule has 0 aromatic heterocycles. The molecule has 2 heterocycles. The Balaban J connectivity index is 1.63. The Morgan fingerprint density at radius 2 is 1.59 bits per heavy atom. The van der Waals surface area contributed by atoms with Gasteiger partial charge in [0.25, 0.3) is 0 Å². The predicted molar refractivity (Wildman–Crippen MR) is 110 cm³/mol. The summed E-state index contributed by atoms with van der Waals surface area (Å²) in [5, 5.41) is 0. The Hall–Kier alpha value is -1.84. The van der Waals surface area contributed by atoms with Crippen LogP contribution in [0.25, 0.3) is 0 Å². The van der Waals surface area contributed by atoms with E-state index in [0.717, 1.165) is 25.9 Å². The standard InChI is InChI=1S/C20H31N3O5S/c1-27-17-7-8-18(28-2)19(15-17)29(25,26)23-13-11-22(12-14-23)20(24)16-21-9-5-3-4-6-10-21/h7-8,15H,3-6,9-14,16H2,1-2H3. The van der Waals surface area contributed by atoms with Crippen molar-refractivity contribution in [2.45, 2.75) is 30.6 Å². The highest BCUT2D eigenvalue weighted by molar-refractivity contribution is 7.89. The number of carbonyl (C=O) groups excluding carboxylic acids is 1. The molecule has 9 heteroatoms. The van der Waals surface area contributed by atoms with Crippen LogP contribution in [0.4, 0.5) is 0 Å². The molecule has 1 amide bonds. The van der Waals surface area contributed by atoms with Gasteiger partial charge in [0.05, 0.1) is 20.8 Å². The number of nitrogens with zero attached hydrogens (tertiary/aromatic N) is 3. The predicted octanol–water partition coefficient (Wildman–Crippen LogP) is 1.41. The molecular formula is C20H31N3O5S. The third-order valence-corrected chi connectivity index (χ3v) is 7.56. The van der Waals surface area contributed by atoms with Gasteiger partial charge in [0.2, 0.25) is 15.9 Å². The van der Waals surface area contributed by atoms with Gasteiger partial charge in [0.15, 0.2) is 0 Å². The minimum Gasteiger partial charge on any atom is -0.497 e. The highest BCUT2D eigenvalue weighted by atomic mass is 32.2. The van der Waals surface area contributed by atoms with Crippen LogP contribution in [-0.4, -0.2) is 88.5 Å². The van der Waals surface area contributed by atoms with Gasteiger partial charge < -0.3 is 14.4 Å². The summed E-state index contributed by atoms with van der Waals surface area (Å²) >= 11 is 0. The van der Waals surface area contributed by atoms with Gasteiger partial charge >= 0.3 is 0 Å². The van der Waals surface area contributed by atoms with Crippen molar-refractivity contribution in [2.24, 2.45) is 0 Å². The number of hydrogen-bond acceptors (Lipinski definition) is 6. The molecule has 3 rings (SSSR count). The number of likely N-dealkylation sites (tertiary alicyclic amines) is 1. The van der Waals surface area contributed by atoms with Gasteiger partial charge in [-0.25, -0.2) is 8.42 Å². The van der Waals surface area contributed by atoms with Crippen molar-refractivity contribution in [3.63, 3.8) is 0 Å². The molecule has 1 aromatic rings. The second-order valence-electron chi connectivity index (χ2n) is 7.49. The summed E-state index contributed by atoms with van der Waals surface area (Å²) in [6.07, 6.45) is 4.74. The van der Waals surface area contributed by atoms with Crippen LogP contribution in [0, 0.1) is 0 Å². The fraction of sp³-hybridized carbons (Fsp3) is 0.650. The first-order valence-corrected chi connectivity index (χ1v) is 11.6. The first-order chi connectivity index (χ1) is 14.0. The number of methoxy groups -OCH3 is 2. The molecule has 8 nitrogen and oxygen atoms in total. The van der Waals surface area contributed by atoms with Gasteiger partial charge in [-0.1, -0.05) is 12.8 Å². The van der Waals surface area contributed by atoms with Crippen LogP contribution < -0.4 is 9.47 Å². The zero-order valence-corrected chi connectivity index (χ0v) is 18.1. The molecule has 0 saturated carbocycles. The van der Waals surface area contributed by atoms with E-state index >= 15 is 0 Å². The van der Waals surface area contributed by atoms with Crippen molar-refractivity contribution < 1.29 is 22.7 Å². The Kier molecular flexibility index (Phi) is 7.37. The Morgan fingerprint density at radius 3 is 2.17 bits per heavy atom. The Labute approximate surface area is 173 Å². The summed E-state index contributed by atoms with van der Waals surface area (Å²) in [5.41, 5.74) is 0. The normalized spacial score (nSPS) is 19.6. The van der Waals surface area contributed by atoms with Gasteiger partial charge in [0, 0.05) is 32.2 Å². The van der Waals surface area contributed by atoms with Crippen molar-refractivity contribution in [3.8, 4) is 11.5 Å². The second-order valence-corrected chi connectivity index (χ2v) is 9.40. The molecule has 2 saturated heterocycles. The van der Waals surface area contributed by atoms with Crippen molar-refractivity contribution in [1.82, 2.24) is 14.1 Å². The molecule has 0 aliphatic carbocycles. The lowest BCUT2D eigenvalue weighted by molar-refractivity contribution is -0.133. The number of piperazine rings is 1. The number of amides is 1. The number of carbonyl (C=O) groups is 1. The van der Waals surface area contributed by atoms with Gasteiger partial charge in [-0.2, -0.15) is 4.31 Å². The van der Waals surface area contributed by atoms with Gasteiger partial charge in [-0.05, 0) is 38.1 Å². The summed E-state index contributed by atoms with van der Waals surface area (Å²) in [6, 6.07) is 4.73. The van der Waals surface area contributed by atoms with E-state index in [2.05, 4.69) is 4.90 Å². The highest BCUT2D eigenvalue weighted by Crippen LogP contribution is 2.31. The first-order valence-electron chi connectivity index (χ1n) is 10.2. The monoisotopic (exact) mass is 425 g/mol. The molecule has 29 heavy (non-hydrogen) atoms. The van der Waals surface area contributed by atoms with Crippen LogP contribution in [0.1, 0.15) is 25.7 Å². The molecule has 0 unspecified atom stereocenters. The molecular weight excluding hydrogens is 394 g/mol. The van der Waals surface area contributed by atoms with Crippen LogP contribution in [0.5, 0.6) is 11.5 Å². The minimum absolute atomic E-state index is 0.0860. The van der Waals surface area contributed by atoms with E-state index in [1.807, 2.05) is 0 Å². The molecule has 0 atom stereocenters. The number of hydrogen-bond donors (Lipinski definition) is 0. The van der Waals surface area contributed by atoms with Crippen molar-refractivity contribution >= 4 is 15.9 Å². The fourth-order valence-electron chi connectivity index (χ4n) is 3.89. The summed E-state index contributed by atoms with van der Waals surface area (Å²) in [7, 11) is -0.801. The van der Waals surface area contributed by atoms with E-state index in [-0.39, 0.29) is 29.6 Å². The molecule has 1 aromatic carbocycles. The Morgan fingerprint density at radius 1 is 0.931 bits per heavy atom. The van der Waals surface area contributed by atoms with Crippen molar-refractivity contribution in [1.29, 1.82) is 0 Å². The van der Waals surface area contributed by atoms with Gasteiger partial charge in [-0.3, -0.25) is 9.69 Å². The minimum atomic E-state index is -3.74. The zero-order chi connectivity index (χ0) is 20.9. The summed E-state index contributed by atoms with van der Waals surface area (Å²) < 4.78 is 38.1. The lowest BCUT2D eigenvalue weighted by Gasteiger charge is -2.35. The van der Waals surface area contributed by atoms with E-state index in [1.165, 1.54) is 37.4 Å². The summed E-state index contributed by atoms with van der Waals surface area (Å²) in [6.45, 7) is 3.71. The molecule has 2 aliphatic rings. The summed E-state index contributed by atoms with van der Waals surface area (Å²) in [4.78, 5) is 16.8. The first kappa shape index (κ1) is 21.9. The van der Waals surface area contributed by atoms with Crippen molar-refractivity contribution in [3.05, 3.63) is 18.2 Å². The maximum Gasteiger partial charge on any atom is 0.247 e. The summed E-state index contributed by atoms with van der Waals surface area (Å²) in [5.74, 6) is 0.823. The SMILES string of the molecule is COc1ccc(OC)c(S(=O)(=O)N2CCN(C(=O)CN3CCCCCC3)CC2)c1. The van der Waals surface area contributed by atoms with Crippen LogP contribution in [0.15, 0.2) is 23.1 Å². The molecule has 2 aliphatic heterocycles. The molecule has 0 N–H and O–H groups in total. The molecule has 162 valence electrons. The van der Waals surface area contributed by atoms with Gasteiger partial charge in [-0.15, -0.1) is 0 Å². The van der Waals surface area contributed by atoms with Crippen LogP contribution >= 0.6 is 0 Å². The molecule has 2 fully saturated rings. The highest BCUT2D eigenvalue weighted by Gasteiger charge is 2.32. The van der Waals surface area contributed by atoms with Crippen LogP contribution in [0.3, 0.4) is 0 Å².